The van der Waals surface area contributed by atoms with Crippen molar-refractivity contribution in [1.82, 2.24) is 5.32 Å². The third-order valence-electron chi connectivity index (χ3n) is 2.69. The minimum absolute atomic E-state index is 0.310. The summed E-state index contributed by atoms with van der Waals surface area (Å²) in [5.74, 6) is 0.646. The first-order chi connectivity index (χ1) is 7.22. The lowest BCUT2D eigenvalue weighted by atomic mass is 10.1. The molecule has 15 heavy (non-hydrogen) atoms. The van der Waals surface area contributed by atoms with Crippen LogP contribution < -0.4 is 10.1 Å². The van der Waals surface area contributed by atoms with Crippen molar-refractivity contribution < 1.29 is 4.74 Å². The highest BCUT2D eigenvalue weighted by atomic mass is 35.5. The number of benzene rings is 1. The van der Waals surface area contributed by atoms with Gasteiger partial charge in [-0.2, -0.15) is 0 Å². The highest BCUT2D eigenvalue weighted by molar-refractivity contribution is 6.35. The van der Waals surface area contributed by atoms with Gasteiger partial charge in [-0.25, -0.2) is 0 Å². The molecule has 82 valence electrons. The van der Waals surface area contributed by atoms with Gasteiger partial charge in [0.2, 0.25) is 0 Å². The van der Waals surface area contributed by atoms with Crippen molar-refractivity contribution in [3.8, 4) is 5.75 Å². The summed E-state index contributed by atoms with van der Waals surface area (Å²) in [5, 5.41) is 4.73. The molecule has 2 rings (SSSR count). The van der Waals surface area contributed by atoms with Crippen LogP contribution in [0.2, 0.25) is 10.0 Å². The standard InChI is InChI=1S/C11H13Cl2NO/c1-15-10-6-7(12)5-8(11(10)13)9-3-2-4-14-9/h5-6,9,14H,2-4H2,1H3. The topological polar surface area (TPSA) is 21.3 Å². The first-order valence-electron chi connectivity index (χ1n) is 4.98. The normalized spacial score (nSPS) is 20.6. The second kappa shape index (κ2) is 4.60. The van der Waals surface area contributed by atoms with E-state index in [1.807, 2.05) is 6.07 Å². The molecule has 1 aromatic rings. The van der Waals surface area contributed by atoms with E-state index in [9.17, 15) is 0 Å². The van der Waals surface area contributed by atoms with Crippen LogP contribution in [0.3, 0.4) is 0 Å². The molecule has 0 saturated carbocycles. The van der Waals surface area contributed by atoms with Crippen LogP contribution in [0.4, 0.5) is 0 Å². The molecule has 1 heterocycles. The smallest absolute Gasteiger partial charge is 0.139 e. The van der Waals surface area contributed by atoms with Gasteiger partial charge in [0.05, 0.1) is 12.1 Å². The molecule has 0 amide bonds. The zero-order valence-electron chi connectivity index (χ0n) is 8.52. The maximum Gasteiger partial charge on any atom is 0.139 e. The first-order valence-corrected chi connectivity index (χ1v) is 5.74. The van der Waals surface area contributed by atoms with E-state index in [0.29, 0.717) is 21.8 Å². The number of hydrogen-bond acceptors (Lipinski definition) is 2. The molecule has 1 aromatic carbocycles. The van der Waals surface area contributed by atoms with Gasteiger partial charge in [-0.05, 0) is 31.0 Å². The van der Waals surface area contributed by atoms with Crippen LogP contribution in [0.15, 0.2) is 12.1 Å². The molecule has 2 nitrogen and oxygen atoms in total. The summed E-state index contributed by atoms with van der Waals surface area (Å²) >= 11 is 12.3. The van der Waals surface area contributed by atoms with E-state index in [0.717, 1.165) is 18.5 Å². The number of nitrogens with one attached hydrogen (secondary N) is 1. The van der Waals surface area contributed by atoms with Crippen LogP contribution in [-0.2, 0) is 0 Å². The molecule has 4 heteroatoms. The molecule has 0 spiro atoms. The summed E-state index contributed by atoms with van der Waals surface area (Å²) < 4.78 is 5.18. The average Bonchev–Trinajstić information content (AvgIpc) is 2.74. The van der Waals surface area contributed by atoms with E-state index in [-0.39, 0.29) is 0 Å². The van der Waals surface area contributed by atoms with E-state index in [1.165, 1.54) is 6.42 Å². The fraction of sp³-hybridized carbons (Fsp3) is 0.455. The van der Waals surface area contributed by atoms with Gasteiger partial charge in [-0.1, -0.05) is 23.2 Å². The molecule has 0 aromatic heterocycles. The van der Waals surface area contributed by atoms with Gasteiger partial charge >= 0.3 is 0 Å². The van der Waals surface area contributed by atoms with Gasteiger partial charge in [0, 0.05) is 17.1 Å². The van der Waals surface area contributed by atoms with Crippen LogP contribution >= 0.6 is 23.2 Å². The third-order valence-corrected chi connectivity index (χ3v) is 3.31. The van der Waals surface area contributed by atoms with Crippen molar-refractivity contribution >= 4 is 23.2 Å². The van der Waals surface area contributed by atoms with Gasteiger partial charge in [-0.3, -0.25) is 0 Å². The van der Waals surface area contributed by atoms with E-state index in [4.69, 9.17) is 27.9 Å². The Morgan fingerprint density at radius 2 is 2.20 bits per heavy atom. The maximum absolute atomic E-state index is 6.24. The average molecular weight is 246 g/mol. The SMILES string of the molecule is COc1cc(Cl)cc(C2CCCN2)c1Cl. The second-order valence-electron chi connectivity index (χ2n) is 3.66. The Kier molecular flexibility index (Phi) is 3.39. The monoisotopic (exact) mass is 245 g/mol. The summed E-state index contributed by atoms with van der Waals surface area (Å²) in [4.78, 5) is 0. The van der Waals surface area contributed by atoms with Crippen LogP contribution in [0.5, 0.6) is 5.75 Å². The van der Waals surface area contributed by atoms with E-state index in [1.54, 1.807) is 13.2 Å². The quantitative estimate of drug-likeness (QED) is 0.863. The van der Waals surface area contributed by atoms with Crippen LogP contribution in [0, 0.1) is 0 Å². The van der Waals surface area contributed by atoms with Gasteiger partial charge in [0.1, 0.15) is 5.75 Å². The van der Waals surface area contributed by atoms with Crippen molar-refractivity contribution in [2.75, 3.05) is 13.7 Å². The molecule has 0 radical (unpaired) electrons. The number of halogens is 2. The van der Waals surface area contributed by atoms with Crippen molar-refractivity contribution in [2.45, 2.75) is 18.9 Å². The number of rotatable bonds is 2. The summed E-state index contributed by atoms with van der Waals surface area (Å²) in [6.45, 7) is 1.04. The zero-order valence-corrected chi connectivity index (χ0v) is 10.0. The van der Waals surface area contributed by atoms with Gasteiger partial charge in [0.15, 0.2) is 0 Å². The Hall–Kier alpha value is -0.440. The largest absolute Gasteiger partial charge is 0.495 e. The third kappa shape index (κ3) is 2.22. The Morgan fingerprint density at radius 1 is 1.40 bits per heavy atom. The van der Waals surface area contributed by atoms with Crippen LogP contribution in [0.1, 0.15) is 24.4 Å². The van der Waals surface area contributed by atoms with Crippen LogP contribution in [0.25, 0.3) is 0 Å². The van der Waals surface area contributed by atoms with Crippen molar-refractivity contribution in [2.24, 2.45) is 0 Å². The molecular formula is C11H13Cl2NO. The highest BCUT2D eigenvalue weighted by Gasteiger charge is 2.21. The molecule has 1 unspecified atom stereocenters. The first kappa shape index (κ1) is 11.1. The minimum Gasteiger partial charge on any atom is -0.495 e. The summed E-state index contributed by atoms with van der Waals surface area (Å²) in [6.07, 6.45) is 2.28. The fourth-order valence-electron chi connectivity index (χ4n) is 1.94. The lowest BCUT2D eigenvalue weighted by Crippen LogP contribution is -2.13. The Balaban J connectivity index is 2.40. The van der Waals surface area contributed by atoms with Crippen molar-refractivity contribution in [3.05, 3.63) is 27.7 Å². The molecule has 1 fully saturated rings. The summed E-state index contributed by atoms with van der Waals surface area (Å²) in [7, 11) is 1.60. The second-order valence-corrected chi connectivity index (χ2v) is 4.47. The fourth-order valence-corrected chi connectivity index (χ4v) is 2.47. The molecule has 1 atom stereocenters. The lowest BCUT2D eigenvalue weighted by Gasteiger charge is -2.15. The number of hydrogen-bond donors (Lipinski definition) is 1. The number of ether oxygens (including phenoxy) is 1. The van der Waals surface area contributed by atoms with Gasteiger partial charge in [-0.15, -0.1) is 0 Å². The molecule has 0 aliphatic carbocycles. The zero-order chi connectivity index (χ0) is 10.8. The van der Waals surface area contributed by atoms with Crippen molar-refractivity contribution in [1.29, 1.82) is 0 Å². The predicted octanol–water partition coefficient (Wildman–Crippen LogP) is 3.43. The van der Waals surface area contributed by atoms with Crippen LogP contribution in [-0.4, -0.2) is 13.7 Å². The lowest BCUT2D eigenvalue weighted by molar-refractivity contribution is 0.414. The Bertz CT molecular complexity index is 362. The number of methoxy groups -OCH3 is 1. The highest BCUT2D eigenvalue weighted by Crippen LogP contribution is 2.37. The summed E-state index contributed by atoms with van der Waals surface area (Å²) in [5.41, 5.74) is 1.04. The molecule has 1 saturated heterocycles. The summed E-state index contributed by atoms with van der Waals surface area (Å²) in [6, 6.07) is 3.96. The van der Waals surface area contributed by atoms with E-state index >= 15 is 0 Å². The molecule has 0 bridgehead atoms. The molecule has 1 aliphatic rings. The van der Waals surface area contributed by atoms with Gasteiger partial charge < -0.3 is 10.1 Å². The Labute approximate surface area is 99.5 Å². The molecule has 1 N–H and O–H groups in total. The molecule has 1 aliphatic heterocycles. The maximum atomic E-state index is 6.24. The molecular weight excluding hydrogens is 233 g/mol. The minimum atomic E-state index is 0.310. The van der Waals surface area contributed by atoms with Gasteiger partial charge in [0.25, 0.3) is 0 Å². The van der Waals surface area contributed by atoms with E-state index in [2.05, 4.69) is 5.32 Å². The Morgan fingerprint density at radius 3 is 2.80 bits per heavy atom. The van der Waals surface area contributed by atoms with Crippen molar-refractivity contribution in [3.63, 3.8) is 0 Å². The predicted molar refractivity (Wildman–Crippen MR) is 63.0 cm³/mol. The van der Waals surface area contributed by atoms with E-state index < -0.39 is 0 Å².